The van der Waals surface area contributed by atoms with E-state index in [0.29, 0.717) is 5.56 Å². The Morgan fingerprint density at radius 3 is 2.64 bits per heavy atom. The van der Waals surface area contributed by atoms with E-state index >= 15 is 0 Å². The second kappa shape index (κ2) is 4.28. The van der Waals surface area contributed by atoms with Gasteiger partial charge in [-0.2, -0.15) is 5.26 Å². The zero-order valence-corrected chi connectivity index (χ0v) is 7.90. The van der Waals surface area contributed by atoms with E-state index in [9.17, 15) is 4.79 Å². The van der Waals surface area contributed by atoms with Crippen LogP contribution in [0.1, 0.15) is 15.9 Å². The number of carbonyl (C=O) groups excluding carboxylic acids is 1. The number of rotatable bonds is 2. The molecule has 72 valence electrons. The first-order chi connectivity index (χ1) is 6.74. The molecule has 0 aliphatic rings. The molecule has 0 bridgehead atoms. The lowest BCUT2D eigenvalue weighted by Crippen LogP contribution is -2.05. The van der Waals surface area contributed by atoms with Crippen LogP contribution >= 0.6 is 0 Å². The summed E-state index contributed by atoms with van der Waals surface area (Å²) in [6, 6.07) is 6.66. The summed E-state index contributed by atoms with van der Waals surface area (Å²) in [6.07, 6.45) is 0. The average Bonchev–Trinajstić information content (AvgIpc) is 2.26. The number of carbonyl (C=O) groups is 1. The molecule has 0 saturated heterocycles. The van der Waals surface area contributed by atoms with E-state index in [1.165, 1.54) is 14.2 Å². The molecule has 4 nitrogen and oxygen atoms in total. The second-order valence-electron chi connectivity index (χ2n) is 2.49. The van der Waals surface area contributed by atoms with Gasteiger partial charge in [-0.1, -0.05) is 6.07 Å². The predicted octanol–water partition coefficient (Wildman–Crippen LogP) is 1.35. The fraction of sp³-hybridized carbons (Fsp3) is 0.200. The van der Waals surface area contributed by atoms with Crippen molar-refractivity contribution in [3.63, 3.8) is 0 Å². The number of hydrogen-bond acceptors (Lipinski definition) is 4. The summed E-state index contributed by atoms with van der Waals surface area (Å²) in [5.74, 6) is -0.263. The largest absolute Gasteiger partial charge is 0.494 e. The summed E-state index contributed by atoms with van der Waals surface area (Å²) in [7, 11) is 2.68. The predicted molar refractivity (Wildman–Crippen MR) is 49.0 cm³/mol. The fourth-order valence-electron chi connectivity index (χ4n) is 1.12. The van der Waals surface area contributed by atoms with Gasteiger partial charge >= 0.3 is 5.97 Å². The third-order valence-electron chi connectivity index (χ3n) is 1.74. The first-order valence-corrected chi connectivity index (χ1v) is 3.90. The normalized spacial score (nSPS) is 8.93. The molecule has 1 aromatic carbocycles. The molecule has 0 aromatic heterocycles. The number of esters is 1. The zero-order chi connectivity index (χ0) is 10.6. The Kier molecular flexibility index (Phi) is 3.08. The molecule has 0 N–H and O–H groups in total. The monoisotopic (exact) mass is 191 g/mol. The van der Waals surface area contributed by atoms with Crippen LogP contribution in [0.4, 0.5) is 0 Å². The molecule has 0 unspecified atom stereocenters. The summed E-state index contributed by atoms with van der Waals surface area (Å²) < 4.78 is 9.52. The van der Waals surface area contributed by atoms with Gasteiger partial charge in [0.25, 0.3) is 0 Å². The maximum atomic E-state index is 11.2. The Morgan fingerprint density at radius 2 is 2.14 bits per heavy atom. The van der Waals surface area contributed by atoms with Gasteiger partial charge in [-0.3, -0.25) is 0 Å². The lowest BCUT2D eigenvalue weighted by Gasteiger charge is -2.07. The van der Waals surface area contributed by atoms with Gasteiger partial charge in [-0.25, -0.2) is 4.79 Å². The quantitative estimate of drug-likeness (QED) is 0.662. The first-order valence-electron chi connectivity index (χ1n) is 3.90. The molecule has 0 amide bonds. The van der Waals surface area contributed by atoms with Crippen LogP contribution < -0.4 is 4.74 Å². The highest BCUT2D eigenvalue weighted by Crippen LogP contribution is 2.23. The molecule has 0 radical (unpaired) electrons. The van der Waals surface area contributed by atoms with Gasteiger partial charge in [-0.15, -0.1) is 0 Å². The van der Waals surface area contributed by atoms with Crippen molar-refractivity contribution >= 4 is 5.97 Å². The van der Waals surface area contributed by atoms with Crippen LogP contribution in [-0.4, -0.2) is 20.2 Å². The minimum absolute atomic E-state index is 0.252. The minimum Gasteiger partial charge on any atom is -0.494 e. The highest BCUT2D eigenvalue weighted by Gasteiger charge is 2.15. The van der Waals surface area contributed by atoms with Gasteiger partial charge in [0.05, 0.1) is 19.8 Å². The topological polar surface area (TPSA) is 59.3 Å². The summed E-state index contributed by atoms with van der Waals surface area (Å²) in [5, 5.41) is 8.75. The van der Waals surface area contributed by atoms with Crippen LogP contribution in [0.15, 0.2) is 18.2 Å². The van der Waals surface area contributed by atoms with Gasteiger partial charge < -0.3 is 9.47 Å². The van der Waals surface area contributed by atoms with E-state index in [1.54, 1.807) is 18.2 Å². The molecular weight excluding hydrogens is 182 g/mol. The van der Waals surface area contributed by atoms with Crippen molar-refractivity contribution in [1.82, 2.24) is 0 Å². The van der Waals surface area contributed by atoms with Crippen molar-refractivity contribution in [2.45, 2.75) is 0 Å². The SMILES string of the molecule is COC(=O)c1cccc(C#N)c1OC. The summed E-state index contributed by atoms with van der Waals surface area (Å²) in [5.41, 5.74) is 0.574. The minimum atomic E-state index is -0.515. The van der Waals surface area contributed by atoms with Crippen LogP contribution in [0.2, 0.25) is 0 Å². The molecule has 0 aliphatic carbocycles. The molecule has 0 heterocycles. The lowest BCUT2D eigenvalue weighted by atomic mass is 10.1. The van der Waals surface area contributed by atoms with Crippen LogP contribution in [0.25, 0.3) is 0 Å². The van der Waals surface area contributed by atoms with Gasteiger partial charge in [0.1, 0.15) is 11.6 Å². The molecule has 0 saturated carbocycles. The molecule has 1 aromatic rings. The first kappa shape index (κ1) is 10.1. The molecule has 14 heavy (non-hydrogen) atoms. The highest BCUT2D eigenvalue weighted by atomic mass is 16.5. The third-order valence-corrected chi connectivity index (χ3v) is 1.74. The van der Waals surface area contributed by atoms with E-state index in [4.69, 9.17) is 10.00 Å². The third kappa shape index (κ3) is 1.67. The van der Waals surface area contributed by atoms with Crippen LogP contribution in [0.3, 0.4) is 0 Å². The van der Waals surface area contributed by atoms with Crippen molar-refractivity contribution in [1.29, 1.82) is 5.26 Å². The van der Waals surface area contributed by atoms with E-state index in [-0.39, 0.29) is 11.3 Å². The molecular formula is C10H9NO3. The number of para-hydroxylation sites is 1. The maximum Gasteiger partial charge on any atom is 0.341 e. The molecule has 0 spiro atoms. The van der Waals surface area contributed by atoms with Gasteiger partial charge in [-0.05, 0) is 12.1 Å². The van der Waals surface area contributed by atoms with Gasteiger partial charge in [0.15, 0.2) is 5.75 Å². The van der Waals surface area contributed by atoms with Gasteiger partial charge in [0.2, 0.25) is 0 Å². The average molecular weight is 191 g/mol. The number of nitrogens with zero attached hydrogens (tertiary/aromatic N) is 1. The maximum absolute atomic E-state index is 11.2. The number of hydrogen-bond donors (Lipinski definition) is 0. The second-order valence-corrected chi connectivity index (χ2v) is 2.49. The molecule has 0 atom stereocenters. The number of ether oxygens (including phenoxy) is 2. The van der Waals surface area contributed by atoms with E-state index in [0.717, 1.165) is 0 Å². The van der Waals surface area contributed by atoms with Crippen molar-refractivity contribution in [3.05, 3.63) is 29.3 Å². The molecule has 4 heteroatoms. The summed E-state index contributed by atoms with van der Waals surface area (Å²) in [4.78, 5) is 11.2. The van der Waals surface area contributed by atoms with Crippen molar-refractivity contribution in [3.8, 4) is 11.8 Å². The van der Waals surface area contributed by atoms with Crippen LogP contribution in [-0.2, 0) is 4.74 Å². The summed E-state index contributed by atoms with van der Waals surface area (Å²) >= 11 is 0. The van der Waals surface area contributed by atoms with Crippen molar-refractivity contribution in [2.75, 3.05) is 14.2 Å². The number of methoxy groups -OCH3 is 2. The molecule has 0 fully saturated rings. The molecule has 1 rings (SSSR count). The Balaban J connectivity index is 3.31. The van der Waals surface area contributed by atoms with E-state index in [2.05, 4.69) is 4.74 Å². The molecule has 0 aliphatic heterocycles. The van der Waals surface area contributed by atoms with Crippen LogP contribution in [0, 0.1) is 11.3 Å². The van der Waals surface area contributed by atoms with E-state index < -0.39 is 5.97 Å². The fourth-order valence-corrected chi connectivity index (χ4v) is 1.12. The number of benzene rings is 1. The Hall–Kier alpha value is -2.02. The smallest absolute Gasteiger partial charge is 0.341 e. The zero-order valence-electron chi connectivity index (χ0n) is 7.90. The van der Waals surface area contributed by atoms with Crippen molar-refractivity contribution < 1.29 is 14.3 Å². The van der Waals surface area contributed by atoms with Crippen molar-refractivity contribution in [2.24, 2.45) is 0 Å². The standard InChI is InChI=1S/C10H9NO3/c1-13-9-7(6-11)4-3-5-8(9)10(12)14-2/h3-5H,1-2H3. The number of nitriles is 1. The van der Waals surface area contributed by atoms with Crippen LogP contribution in [0.5, 0.6) is 5.75 Å². The van der Waals surface area contributed by atoms with Gasteiger partial charge in [0, 0.05) is 0 Å². The highest BCUT2D eigenvalue weighted by molar-refractivity contribution is 5.93. The van der Waals surface area contributed by atoms with E-state index in [1.807, 2.05) is 6.07 Å². The summed E-state index contributed by atoms with van der Waals surface area (Å²) in [6.45, 7) is 0. The Labute approximate surface area is 81.7 Å². The Morgan fingerprint density at radius 1 is 1.43 bits per heavy atom. The Bertz CT molecular complexity index is 393. The lowest BCUT2D eigenvalue weighted by molar-refractivity contribution is 0.0597.